The molecule has 0 aliphatic carbocycles. The minimum absolute atomic E-state index is 0.0594. The van der Waals surface area contributed by atoms with E-state index in [-0.39, 0.29) is 18.1 Å². The van der Waals surface area contributed by atoms with Crippen LogP contribution in [-0.4, -0.2) is 51.2 Å². The average molecular weight is 330 g/mol. The number of amides is 1. The summed E-state index contributed by atoms with van der Waals surface area (Å²) in [6, 6.07) is 0. The van der Waals surface area contributed by atoms with Crippen molar-refractivity contribution in [2.24, 2.45) is 7.05 Å². The van der Waals surface area contributed by atoms with Crippen molar-refractivity contribution in [2.75, 3.05) is 18.4 Å². The maximum absolute atomic E-state index is 12.7. The quantitative estimate of drug-likeness (QED) is 0.775. The first-order chi connectivity index (χ1) is 8.93. The molecule has 0 bridgehead atoms. The summed E-state index contributed by atoms with van der Waals surface area (Å²) in [7, 11) is 1.86. The highest BCUT2D eigenvalue weighted by molar-refractivity contribution is 9.09. The summed E-state index contributed by atoms with van der Waals surface area (Å²) in [4.78, 5) is 14.5. The number of rotatable bonds is 2. The number of nitrogens with zero attached hydrogens (tertiary/aromatic N) is 3. The Morgan fingerprint density at radius 3 is 2.68 bits per heavy atom. The number of hydrogen-bond acceptors (Lipinski definition) is 3. The van der Waals surface area contributed by atoms with E-state index in [1.807, 2.05) is 32.7 Å². The van der Waals surface area contributed by atoms with E-state index >= 15 is 0 Å². The van der Waals surface area contributed by atoms with Crippen molar-refractivity contribution in [1.29, 1.82) is 0 Å². The van der Waals surface area contributed by atoms with Crippen molar-refractivity contribution in [2.45, 2.75) is 33.0 Å². The van der Waals surface area contributed by atoms with Crippen molar-refractivity contribution in [3.8, 4) is 0 Å². The van der Waals surface area contributed by atoms with Crippen molar-refractivity contribution >= 4 is 21.8 Å². The molecule has 1 aromatic rings. The van der Waals surface area contributed by atoms with E-state index < -0.39 is 0 Å². The Morgan fingerprint density at radius 1 is 1.47 bits per heavy atom. The summed E-state index contributed by atoms with van der Waals surface area (Å²) in [5.74, 6) is 0.0594. The summed E-state index contributed by atoms with van der Waals surface area (Å²) in [6.07, 6.45) is 0.127. The number of carbonyl (C=O) groups is 1. The average Bonchev–Trinajstić information content (AvgIpc) is 2.61. The van der Waals surface area contributed by atoms with Gasteiger partial charge in [0.15, 0.2) is 0 Å². The third-order valence-electron chi connectivity index (χ3n) is 3.51. The van der Waals surface area contributed by atoms with Crippen LogP contribution in [0.2, 0.25) is 0 Å². The van der Waals surface area contributed by atoms with Gasteiger partial charge in [-0.1, -0.05) is 15.9 Å². The fourth-order valence-electron chi connectivity index (χ4n) is 2.54. The smallest absolute Gasteiger partial charge is 0.257 e. The van der Waals surface area contributed by atoms with Gasteiger partial charge in [0.1, 0.15) is 0 Å². The van der Waals surface area contributed by atoms with Crippen molar-refractivity contribution in [3.63, 3.8) is 0 Å². The van der Waals surface area contributed by atoms with Gasteiger partial charge in [-0.05, 0) is 20.8 Å². The summed E-state index contributed by atoms with van der Waals surface area (Å²) >= 11 is 3.42. The van der Waals surface area contributed by atoms with Crippen LogP contribution in [0.25, 0.3) is 0 Å². The Hall–Kier alpha value is -0.880. The van der Waals surface area contributed by atoms with E-state index in [9.17, 15) is 4.79 Å². The van der Waals surface area contributed by atoms with Gasteiger partial charge < -0.3 is 9.64 Å². The second-order valence-corrected chi connectivity index (χ2v) is 5.75. The van der Waals surface area contributed by atoms with Crippen LogP contribution >= 0.6 is 15.9 Å². The van der Waals surface area contributed by atoms with Gasteiger partial charge >= 0.3 is 0 Å². The maximum atomic E-state index is 12.7. The Labute approximate surface area is 122 Å². The number of morpholine rings is 1. The molecule has 0 spiro atoms. The molecule has 0 aromatic carbocycles. The van der Waals surface area contributed by atoms with E-state index in [1.165, 1.54) is 0 Å². The fourth-order valence-corrected chi connectivity index (χ4v) is 2.89. The highest BCUT2D eigenvalue weighted by Gasteiger charge is 2.30. The molecule has 1 fully saturated rings. The number of alkyl halides is 1. The molecule has 1 amide bonds. The molecule has 0 N–H and O–H groups in total. The molecular weight excluding hydrogens is 310 g/mol. The molecule has 1 aliphatic heterocycles. The van der Waals surface area contributed by atoms with Crippen LogP contribution in [0.5, 0.6) is 0 Å². The molecule has 5 nitrogen and oxygen atoms in total. The molecule has 2 unspecified atom stereocenters. The molecule has 0 radical (unpaired) electrons. The van der Waals surface area contributed by atoms with Crippen LogP contribution in [0.3, 0.4) is 0 Å². The van der Waals surface area contributed by atoms with Gasteiger partial charge in [-0.3, -0.25) is 9.48 Å². The van der Waals surface area contributed by atoms with E-state index in [2.05, 4.69) is 21.0 Å². The molecule has 2 atom stereocenters. The van der Waals surface area contributed by atoms with Crippen LogP contribution in [0.1, 0.15) is 28.7 Å². The van der Waals surface area contributed by atoms with Gasteiger partial charge in [0, 0.05) is 31.2 Å². The first-order valence-electron chi connectivity index (χ1n) is 6.45. The van der Waals surface area contributed by atoms with E-state index in [0.717, 1.165) is 22.3 Å². The lowest BCUT2D eigenvalue weighted by atomic mass is 10.1. The zero-order valence-corrected chi connectivity index (χ0v) is 13.4. The van der Waals surface area contributed by atoms with Crippen molar-refractivity contribution < 1.29 is 9.53 Å². The normalized spacial score (nSPS) is 23.7. The third kappa shape index (κ3) is 2.84. The molecule has 1 aliphatic rings. The summed E-state index contributed by atoms with van der Waals surface area (Å²) in [5.41, 5.74) is 2.43. The van der Waals surface area contributed by atoms with Crippen LogP contribution < -0.4 is 0 Å². The van der Waals surface area contributed by atoms with Gasteiger partial charge in [0.2, 0.25) is 0 Å². The van der Waals surface area contributed by atoms with Crippen LogP contribution in [-0.2, 0) is 11.8 Å². The first-order valence-corrected chi connectivity index (χ1v) is 7.57. The third-order valence-corrected chi connectivity index (χ3v) is 4.23. The number of aromatic nitrogens is 2. The van der Waals surface area contributed by atoms with Gasteiger partial charge in [-0.2, -0.15) is 5.10 Å². The molecular formula is C13H20BrN3O2. The Morgan fingerprint density at radius 2 is 2.16 bits per heavy atom. The van der Waals surface area contributed by atoms with Crippen molar-refractivity contribution in [1.82, 2.24) is 14.7 Å². The maximum Gasteiger partial charge on any atom is 0.257 e. The number of aryl methyl sites for hydroxylation is 2. The van der Waals surface area contributed by atoms with Gasteiger partial charge in [-0.15, -0.1) is 0 Å². The van der Waals surface area contributed by atoms with Gasteiger partial charge in [-0.25, -0.2) is 0 Å². The lowest BCUT2D eigenvalue weighted by Gasteiger charge is -2.36. The van der Waals surface area contributed by atoms with Gasteiger partial charge in [0.25, 0.3) is 5.91 Å². The zero-order chi connectivity index (χ0) is 14.2. The minimum Gasteiger partial charge on any atom is -0.371 e. The van der Waals surface area contributed by atoms with Gasteiger partial charge in [0.05, 0.1) is 23.5 Å². The number of hydrogen-bond donors (Lipinski definition) is 0. The summed E-state index contributed by atoms with van der Waals surface area (Å²) in [6.45, 7) is 7.07. The highest BCUT2D eigenvalue weighted by atomic mass is 79.9. The van der Waals surface area contributed by atoms with E-state index in [1.54, 1.807) is 4.68 Å². The molecule has 106 valence electrons. The standard InChI is InChI=1S/C13H20BrN3O2/c1-8-6-17(7-11(5-14)19-8)13(18)12-9(2)15-16(4)10(12)3/h8,11H,5-7H2,1-4H3. The predicted molar refractivity (Wildman–Crippen MR) is 76.7 cm³/mol. The SMILES string of the molecule is Cc1nn(C)c(C)c1C(=O)N1CC(C)OC(CBr)C1. The topological polar surface area (TPSA) is 47.4 Å². The van der Waals surface area contributed by atoms with E-state index in [0.29, 0.717) is 13.1 Å². The van der Waals surface area contributed by atoms with Crippen LogP contribution in [0.4, 0.5) is 0 Å². The first kappa shape index (κ1) is 14.5. The minimum atomic E-state index is 0.0594. The lowest BCUT2D eigenvalue weighted by molar-refractivity contribution is -0.0560. The lowest BCUT2D eigenvalue weighted by Crippen LogP contribution is -2.49. The molecule has 0 saturated carbocycles. The van der Waals surface area contributed by atoms with E-state index in [4.69, 9.17) is 4.74 Å². The molecule has 19 heavy (non-hydrogen) atoms. The molecule has 1 aromatic heterocycles. The summed E-state index contributed by atoms with van der Waals surface area (Å²) in [5, 5.41) is 5.06. The van der Waals surface area contributed by atoms with Crippen molar-refractivity contribution in [3.05, 3.63) is 17.0 Å². The number of carbonyl (C=O) groups excluding carboxylic acids is 1. The second kappa shape index (κ2) is 5.63. The largest absolute Gasteiger partial charge is 0.371 e. The zero-order valence-electron chi connectivity index (χ0n) is 11.8. The van der Waals surface area contributed by atoms with Crippen LogP contribution in [0.15, 0.2) is 0 Å². The number of halogens is 1. The molecule has 6 heteroatoms. The molecule has 1 saturated heterocycles. The summed E-state index contributed by atoms with van der Waals surface area (Å²) < 4.78 is 7.51. The highest BCUT2D eigenvalue weighted by Crippen LogP contribution is 2.19. The van der Waals surface area contributed by atoms with Crippen LogP contribution in [0, 0.1) is 13.8 Å². The fraction of sp³-hybridized carbons (Fsp3) is 0.692. The monoisotopic (exact) mass is 329 g/mol. The molecule has 2 heterocycles. The predicted octanol–water partition coefficient (Wildman–Crippen LogP) is 1.66. The Kier molecular flexibility index (Phi) is 4.30. The second-order valence-electron chi connectivity index (χ2n) is 5.10. The Balaban J connectivity index is 2.23. The number of ether oxygens (including phenoxy) is 1. The Bertz CT molecular complexity index is 486. The molecule has 2 rings (SSSR count).